The minimum Gasteiger partial charge on any atom is -0.393 e. The second-order valence-electron chi connectivity index (χ2n) is 4.88. The molecule has 114 valence electrons. The van der Waals surface area contributed by atoms with Crippen LogP contribution in [0.5, 0.6) is 0 Å². The van der Waals surface area contributed by atoms with Crippen LogP contribution in [-0.2, 0) is 9.53 Å². The van der Waals surface area contributed by atoms with Crippen molar-refractivity contribution in [3.05, 3.63) is 71.2 Å². The number of pyridine rings is 1. The van der Waals surface area contributed by atoms with E-state index >= 15 is 0 Å². The van der Waals surface area contributed by atoms with Gasteiger partial charge in [-0.3, -0.25) is 9.78 Å². The van der Waals surface area contributed by atoms with Gasteiger partial charge in [0.05, 0.1) is 13.2 Å². The van der Waals surface area contributed by atoms with Gasteiger partial charge in [-0.1, -0.05) is 18.2 Å². The van der Waals surface area contributed by atoms with Crippen molar-refractivity contribution in [3.63, 3.8) is 0 Å². The molecule has 0 amide bonds. The van der Waals surface area contributed by atoms with E-state index in [-0.39, 0.29) is 5.78 Å². The van der Waals surface area contributed by atoms with Crippen molar-refractivity contribution in [1.29, 1.82) is 0 Å². The third-order valence-electron chi connectivity index (χ3n) is 3.13. The van der Waals surface area contributed by atoms with Crippen LogP contribution >= 0.6 is 0 Å². The molecule has 1 aromatic heterocycles. The van der Waals surface area contributed by atoms with E-state index in [2.05, 4.69) is 10.3 Å². The Hall–Kier alpha value is -2.46. The molecule has 0 aromatic carbocycles. The fourth-order valence-corrected chi connectivity index (χ4v) is 2.18. The molecule has 1 aliphatic rings. The molecule has 0 unspecified atom stereocenters. The summed E-state index contributed by atoms with van der Waals surface area (Å²) in [4.78, 5) is 16.6. The third kappa shape index (κ3) is 4.27. The Morgan fingerprint density at radius 3 is 2.86 bits per heavy atom. The predicted molar refractivity (Wildman–Crippen MR) is 88.1 cm³/mol. The number of hydrogen-bond acceptors (Lipinski definition) is 4. The second-order valence-corrected chi connectivity index (χ2v) is 4.88. The van der Waals surface area contributed by atoms with E-state index in [0.717, 1.165) is 11.1 Å². The highest BCUT2D eigenvalue weighted by molar-refractivity contribution is 6.12. The molecule has 0 spiro atoms. The number of ketones is 1. The molecule has 1 fully saturated rings. The van der Waals surface area contributed by atoms with E-state index < -0.39 is 0 Å². The van der Waals surface area contributed by atoms with Crippen LogP contribution in [0.3, 0.4) is 0 Å². The standard InChI is InChI=1S/C18H20N2O2/c1-3-5-14(10-19-2)8-16-12-22-13-17(18(16)21)9-15-6-4-7-20-11-15/h3-11,19H,12-13H2,1-2H3/b5-3-,14-10+,16-8+,17-9+. The lowest BCUT2D eigenvalue weighted by atomic mass is 9.98. The fourth-order valence-electron chi connectivity index (χ4n) is 2.18. The normalized spacial score (nSPS) is 20.1. The molecule has 2 heterocycles. The van der Waals surface area contributed by atoms with Gasteiger partial charge in [-0.05, 0) is 36.3 Å². The number of ether oxygens (including phenoxy) is 1. The summed E-state index contributed by atoms with van der Waals surface area (Å²) in [7, 11) is 1.83. The molecular formula is C18H20N2O2. The number of carbonyl (C=O) groups is 1. The highest BCUT2D eigenvalue weighted by Gasteiger charge is 2.21. The largest absolute Gasteiger partial charge is 0.393 e. The number of hydrogen-bond donors (Lipinski definition) is 1. The van der Waals surface area contributed by atoms with Crippen LogP contribution in [0.4, 0.5) is 0 Å². The topological polar surface area (TPSA) is 51.2 Å². The summed E-state index contributed by atoms with van der Waals surface area (Å²) in [5.74, 6) is 0.0293. The van der Waals surface area contributed by atoms with Gasteiger partial charge < -0.3 is 10.1 Å². The van der Waals surface area contributed by atoms with Crippen LogP contribution in [0.2, 0.25) is 0 Å². The molecule has 0 atom stereocenters. The van der Waals surface area contributed by atoms with Crippen molar-refractivity contribution in [2.45, 2.75) is 6.92 Å². The lowest BCUT2D eigenvalue weighted by Gasteiger charge is -2.17. The van der Waals surface area contributed by atoms with E-state index in [1.165, 1.54) is 0 Å². The molecule has 1 aliphatic heterocycles. The van der Waals surface area contributed by atoms with Gasteiger partial charge in [0.25, 0.3) is 0 Å². The van der Waals surface area contributed by atoms with Gasteiger partial charge in [0.15, 0.2) is 5.78 Å². The summed E-state index contributed by atoms with van der Waals surface area (Å²) in [5.41, 5.74) is 3.13. The van der Waals surface area contributed by atoms with Gasteiger partial charge in [-0.25, -0.2) is 0 Å². The summed E-state index contributed by atoms with van der Waals surface area (Å²) in [5, 5.41) is 2.98. The Kier molecular flexibility index (Phi) is 5.86. The zero-order valence-corrected chi connectivity index (χ0v) is 12.9. The predicted octanol–water partition coefficient (Wildman–Crippen LogP) is 2.67. The first-order valence-corrected chi connectivity index (χ1v) is 7.18. The first-order chi connectivity index (χ1) is 10.7. The maximum atomic E-state index is 12.6. The number of allylic oxidation sites excluding steroid dienone is 4. The van der Waals surface area contributed by atoms with E-state index in [1.807, 2.05) is 56.6 Å². The van der Waals surface area contributed by atoms with Gasteiger partial charge in [0.2, 0.25) is 0 Å². The van der Waals surface area contributed by atoms with E-state index in [9.17, 15) is 4.79 Å². The van der Waals surface area contributed by atoms with Crippen molar-refractivity contribution in [2.75, 3.05) is 20.3 Å². The number of rotatable bonds is 4. The number of nitrogens with one attached hydrogen (secondary N) is 1. The molecule has 1 aromatic rings. The molecule has 0 saturated carbocycles. The molecule has 4 nitrogen and oxygen atoms in total. The first-order valence-electron chi connectivity index (χ1n) is 7.18. The van der Waals surface area contributed by atoms with Gasteiger partial charge in [0, 0.05) is 36.8 Å². The fraction of sp³-hybridized carbons (Fsp3) is 0.222. The number of aromatic nitrogens is 1. The maximum Gasteiger partial charge on any atom is 0.189 e. The maximum absolute atomic E-state index is 12.6. The summed E-state index contributed by atoms with van der Waals surface area (Å²) >= 11 is 0. The Morgan fingerprint density at radius 2 is 2.18 bits per heavy atom. The molecule has 2 rings (SSSR count). The quantitative estimate of drug-likeness (QED) is 0.685. The van der Waals surface area contributed by atoms with Crippen LogP contribution in [0.15, 0.2) is 65.7 Å². The summed E-state index contributed by atoms with van der Waals surface area (Å²) in [6.07, 6.45) is 12.8. The van der Waals surface area contributed by atoms with Gasteiger partial charge >= 0.3 is 0 Å². The van der Waals surface area contributed by atoms with E-state index in [4.69, 9.17) is 4.74 Å². The van der Waals surface area contributed by atoms with Crippen molar-refractivity contribution in [1.82, 2.24) is 10.3 Å². The summed E-state index contributed by atoms with van der Waals surface area (Å²) < 4.78 is 5.54. The molecule has 0 radical (unpaired) electrons. The van der Waals surface area contributed by atoms with Gasteiger partial charge in [-0.15, -0.1) is 0 Å². The lowest BCUT2D eigenvalue weighted by Crippen LogP contribution is -2.22. The Balaban J connectivity index is 2.27. The third-order valence-corrected chi connectivity index (χ3v) is 3.13. The van der Waals surface area contributed by atoms with Crippen LogP contribution in [0, 0.1) is 0 Å². The van der Waals surface area contributed by atoms with E-state index in [0.29, 0.717) is 24.4 Å². The van der Waals surface area contributed by atoms with Gasteiger partial charge in [-0.2, -0.15) is 0 Å². The number of Topliss-reactive ketones (excluding diaryl/α,β-unsaturated/α-hetero) is 1. The lowest BCUT2D eigenvalue weighted by molar-refractivity contribution is -0.114. The van der Waals surface area contributed by atoms with Crippen molar-refractivity contribution < 1.29 is 9.53 Å². The first kappa shape index (κ1) is 15.9. The molecule has 22 heavy (non-hydrogen) atoms. The monoisotopic (exact) mass is 296 g/mol. The molecular weight excluding hydrogens is 276 g/mol. The van der Waals surface area contributed by atoms with Crippen LogP contribution in [-0.4, -0.2) is 31.0 Å². The number of nitrogens with zero attached hydrogens (tertiary/aromatic N) is 1. The minimum absolute atomic E-state index is 0.0293. The Labute approximate surface area is 130 Å². The summed E-state index contributed by atoms with van der Waals surface area (Å²) in [6.45, 7) is 2.61. The zero-order chi connectivity index (χ0) is 15.8. The Morgan fingerprint density at radius 1 is 1.36 bits per heavy atom. The Bertz CT molecular complexity index is 640. The second kappa shape index (κ2) is 8.10. The van der Waals surface area contributed by atoms with E-state index in [1.54, 1.807) is 12.4 Å². The van der Waals surface area contributed by atoms with Crippen molar-refractivity contribution >= 4 is 11.9 Å². The van der Waals surface area contributed by atoms with Crippen LogP contribution < -0.4 is 5.32 Å². The highest BCUT2D eigenvalue weighted by Crippen LogP contribution is 2.19. The SMILES string of the molecule is C\C=C/C(=C\NC)/C=C1\COC/C(=C\c2cccnc2)C1=O. The van der Waals surface area contributed by atoms with Crippen molar-refractivity contribution in [2.24, 2.45) is 0 Å². The minimum atomic E-state index is 0.0293. The molecule has 0 bridgehead atoms. The van der Waals surface area contributed by atoms with Crippen LogP contribution in [0.25, 0.3) is 6.08 Å². The average Bonchev–Trinajstić information content (AvgIpc) is 2.53. The average molecular weight is 296 g/mol. The highest BCUT2D eigenvalue weighted by atomic mass is 16.5. The van der Waals surface area contributed by atoms with Gasteiger partial charge in [0.1, 0.15) is 0 Å². The number of carbonyl (C=O) groups excluding carboxylic acids is 1. The molecule has 1 N–H and O–H groups in total. The molecule has 4 heteroatoms. The van der Waals surface area contributed by atoms with Crippen molar-refractivity contribution in [3.8, 4) is 0 Å². The molecule has 0 aliphatic carbocycles. The molecule has 1 saturated heterocycles. The zero-order valence-electron chi connectivity index (χ0n) is 12.9. The summed E-state index contributed by atoms with van der Waals surface area (Å²) in [6, 6.07) is 3.76. The van der Waals surface area contributed by atoms with Crippen LogP contribution in [0.1, 0.15) is 12.5 Å². The smallest absolute Gasteiger partial charge is 0.189 e.